The fraction of sp³-hybridized carbons (Fsp3) is 0.611. The van der Waals surface area contributed by atoms with E-state index in [1.807, 2.05) is 4.90 Å². The number of unbranched alkanes of at least 4 members (excludes halogenated alkanes) is 2. The van der Waals surface area contributed by atoms with E-state index in [1.165, 1.54) is 0 Å². The number of carbonyl (C=O) groups excluding carboxylic acids is 2. The number of likely N-dealkylation sites (tertiary alicyclic amines) is 1. The number of piperidine rings is 1. The Balaban J connectivity index is 1.98. The van der Waals surface area contributed by atoms with E-state index >= 15 is 0 Å². The van der Waals surface area contributed by atoms with Crippen molar-refractivity contribution in [1.29, 1.82) is 0 Å². The number of hydrogen-bond donors (Lipinski definition) is 1. The third-order valence-electron chi connectivity index (χ3n) is 4.21. The molecule has 1 aromatic heterocycles. The van der Waals surface area contributed by atoms with Gasteiger partial charge in [0.25, 0.3) is 11.8 Å². The summed E-state index contributed by atoms with van der Waals surface area (Å²) in [5.74, 6) is 0.248. The van der Waals surface area contributed by atoms with Gasteiger partial charge in [-0.2, -0.15) is 0 Å². The largest absolute Gasteiger partial charge is 0.351 e. The first-order valence-electron chi connectivity index (χ1n) is 8.66. The summed E-state index contributed by atoms with van der Waals surface area (Å²) in [7, 11) is 0. The van der Waals surface area contributed by atoms with Gasteiger partial charge in [0.05, 0.1) is 0 Å². The van der Waals surface area contributed by atoms with Gasteiger partial charge in [0.2, 0.25) is 0 Å². The Hall–Kier alpha value is -1.91. The second-order valence-electron chi connectivity index (χ2n) is 6.37. The van der Waals surface area contributed by atoms with Crippen LogP contribution in [0.1, 0.15) is 66.9 Å². The summed E-state index contributed by atoms with van der Waals surface area (Å²) in [6.07, 6.45) is 5.38. The maximum atomic E-state index is 12.6. The Labute approximate surface area is 138 Å². The summed E-state index contributed by atoms with van der Waals surface area (Å²) in [5.41, 5.74) is 0.678. The molecule has 126 valence electrons. The molecule has 2 heterocycles. The maximum Gasteiger partial charge on any atom is 0.272 e. The molecule has 1 aliphatic heterocycles. The molecule has 0 spiro atoms. The smallest absolute Gasteiger partial charge is 0.272 e. The highest BCUT2D eigenvalue weighted by Crippen LogP contribution is 2.17. The van der Waals surface area contributed by atoms with Crippen molar-refractivity contribution >= 4 is 11.8 Å². The topological polar surface area (TPSA) is 62.3 Å². The molecule has 1 N–H and O–H groups in total. The van der Waals surface area contributed by atoms with Crippen molar-refractivity contribution in [3.05, 3.63) is 29.6 Å². The molecule has 5 nitrogen and oxygen atoms in total. The van der Waals surface area contributed by atoms with Crippen LogP contribution in [0.5, 0.6) is 0 Å². The predicted molar refractivity (Wildman–Crippen MR) is 90.4 cm³/mol. The Morgan fingerprint density at radius 1 is 1.30 bits per heavy atom. The number of nitrogens with one attached hydrogen (secondary N) is 1. The molecule has 1 fully saturated rings. The third kappa shape index (κ3) is 5.05. The fourth-order valence-electron chi connectivity index (χ4n) is 2.88. The van der Waals surface area contributed by atoms with Gasteiger partial charge in [0.15, 0.2) is 0 Å². The van der Waals surface area contributed by atoms with Crippen LogP contribution in [-0.4, -0.2) is 41.3 Å². The first-order valence-corrected chi connectivity index (χ1v) is 8.66. The molecule has 1 saturated heterocycles. The summed E-state index contributed by atoms with van der Waals surface area (Å²) in [5, 5.41) is 2.86. The van der Waals surface area contributed by atoms with Gasteiger partial charge in [-0.1, -0.05) is 32.8 Å². The van der Waals surface area contributed by atoms with E-state index in [1.54, 1.807) is 18.2 Å². The van der Waals surface area contributed by atoms with Crippen LogP contribution in [-0.2, 0) is 0 Å². The van der Waals surface area contributed by atoms with Crippen LogP contribution in [0, 0.1) is 5.92 Å². The second kappa shape index (κ2) is 8.65. The lowest BCUT2D eigenvalue weighted by Gasteiger charge is -2.30. The molecule has 0 radical (unpaired) electrons. The van der Waals surface area contributed by atoms with Gasteiger partial charge < -0.3 is 10.2 Å². The van der Waals surface area contributed by atoms with Gasteiger partial charge >= 0.3 is 0 Å². The zero-order valence-electron chi connectivity index (χ0n) is 14.2. The Morgan fingerprint density at radius 2 is 2.09 bits per heavy atom. The predicted octanol–water partition coefficient (Wildman–Crippen LogP) is 2.87. The number of carbonyl (C=O) groups is 2. The average Bonchev–Trinajstić information content (AvgIpc) is 2.58. The standard InChI is InChI=1S/C18H27N3O2/c1-3-4-5-11-19-17(22)15-9-6-10-16(20-15)18(23)21-12-7-8-14(2)13-21/h6,9-10,14H,3-5,7-8,11-13H2,1-2H3,(H,19,22). The number of amides is 2. The molecule has 1 unspecified atom stereocenters. The van der Waals surface area contributed by atoms with E-state index in [0.29, 0.717) is 23.9 Å². The van der Waals surface area contributed by atoms with Crippen molar-refractivity contribution in [1.82, 2.24) is 15.2 Å². The normalized spacial score (nSPS) is 17.8. The van der Waals surface area contributed by atoms with E-state index < -0.39 is 0 Å². The molecule has 2 amide bonds. The molecule has 1 atom stereocenters. The highest BCUT2D eigenvalue weighted by atomic mass is 16.2. The molecule has 23 heavy (non-hydrogen) atoms. The van der Waals surface area contributed by atoms with Gasteiger partial charge in [-0.05, 0) is 37.3 Å². The molecular formula is C18H27N3O2. The SMILES string of the molecule is CCCCCNC(=O)c1cccc(C(=O)N2CCCC(C)C2)n1. The molecule has 1 aromatic rings. The Kier molecular flexibility index (Phi) is 6.56. The fourth-order valence-corrected chi connectivity index (χ4v) is 2.88. The minimum absolute atomic E-state index is 0.0721. The van der Waals surface area contributed by atoms with Crippen LogP contribution >= 0.6 is 0 Å². The van der Waals surface area contributed by atoms with Crippen molar-refractivity contribution in [3.63, 3.8) is 0 Å². The van der Waals surface area contributed by atoms with E-state index in [0.717, 1.165) is 45.2 Å². The maximum absolute atomic E-state index is 12.6. The molecule has 2 rings (SSSR count). The number of rotatable bonds is 6. The molecule has 5 heteroatoms. The highest BCUT2D eigenvalue weighted by Gasteiger charge is 2.23. The van der Waals surface area contributed by atoms with Gasteiger partial charge in [-0.25, -0.2) is 4.98 Å². The first kappa shape index (κ1) is 17.4. The number of nitrogens with zero attached hydrogens (tertiary/aromatic N) is 2. The highest BCUT2D eigenvalue weighted by molar-refractivity contribution is 5.96. The molecule has 0 saturated carbocycles. The number of hydrogen-bond acceptors (Lipinski definition) is 3. The summed E-state index contributed by atoms with van der Waals surface area (Å²) in [4.78, 5) is 30.8. The van der Waals surface area contributed by atoms with Crippen LogP contribution in [0.4, 0.5) is 0 Å². The summed E-state index contributed by atoms with van der Waals surface area (Å²) >= 11 is 0. The molecule has 1 aliphatic rings. The monoisotopic (exact) mass is 317 g/mol. The lowest BCUT2D eigenvalue weighted by molar-refractivity contribution is 0.0677. The van der Waals surface area contributed by atoms with E-state index in [4.69, 9.17) is 0 Å². The second-order valence-corrected chi connectivity index (χ2v) is 6.37. The minimum atomic E-state index is -0.206. The van der Waals surface area contributed by atoms with E-state index in [-0.39, 0.29) is 11.8 Å². The summed E-state index contributed by atoms with van der Waals surface area (Å²) in [6.45, 7) is 6.48. The zero-order valence-corrected chi connectivity index (χ0v) is 14.2. The average molecular weight is 317 g/mol. The van der Waals surface area contributed by atoms with E-state index in [9.17, 15) is 9.59 Å². The molecule has 0 aromatic carbocycles. The molecule has 0 bridgehead atoms. The summed E-state index contributed by atoms with van der Waals surface area (Å²) < 4.78 is 0. The van der Waals surface area contributed by atoms with Gasteiger partial charge in [0, 0.05) is 19.6 Å². The van der Waals surface area contributed by atoms with Crippen molar-refractivity contribution in [2.45, 2.75) is 46.0 Å². The minimum Gasteiger partial charge on any atom is -0.351 e. The van der Waals surface area contributed by atoms with Crippen molar-refractivity contribution in [2.24, 2.45) is 5.92 Å². The summed E-state index contributed by atoms with van der Waals surface area (Å²) in [6, 6.07) is 5.08. The lowest BCUT2D eigenvalue weighted by Crippen LogP contribution is -2.39. The van der Waals surface area contributed by atoms with Gasteiger partial charge in [0.1, 0.15) is 11.4 Å². The van der Waals surface area contributed by atoms with Gasteiger partial charge in [-0.3, -0.25) is 9.59 Å². The van der Waals surface area contributed by atoms with Crippen LogP contribution in [0.3, 0.4) is 0 Å². The molecule has 0 aliphatic carbocycles. The Morgan fingerprint density at radius 3 is 2.83 bits per heavy atom. The first-order chi connectivity index (χ1) is 11.1. The van der Waals surface area contributed by atoms with Crippen LogP contribution in [0.15, 0.2) is 18.2 Å². The molecular weight excluding hydrogens is 290 g/mol. The van der Waals surface area contributed by atoms with Crippen LogP contribution in [0.2, 0.25) is 0 Å². The third-order valence-corrected chi connectivity index (χ3v) is 4.21. The van der Waals surface area contributed by atoms with Gasteiger partial charge in [-0.15, -0.1) is 0 Å². The van der Waals surface area contributed by atoms with Crippen LogP contribution < -0.4 is 5.32 Å². The zero-order chi connectivity index (χ0) is 16.7. The lowest BCUT2D eigenvalue weighted by atomic mass is 10.00. The Bertz CT molecular complexity index is 545. The number of aromatic nitrogens is 1. The van der Waals surface area contributed by atoms with Crippen molar-refractivity contribution in [3.8, 4) is 0 Å². The van der Waals surface area contributed by atoms with Crippen LogP contribution in [0.25, 0.3) is 0 Å². The van der Waals surface area contributed by atoms with E-state index in [2.05, 4.69) is 24.1 Å². The number of pyridine rings is 1. The quantitative estimate of drug-likeness (QED) is 0.821. The van der Waals surface area contributed by atoms with Crippen molar-refractivity contribution < 1.29 is 9.59 Å². The van der Waals surface area contributed by atoms with Crippen molar-refractivity contribution in [2.75, 3.05) is 19.6 Å².